The highest BCUT2D eigenvalue weighted by Gasteiger charge is 1.93. The van der Waals surface area contributed by atoms with Gasteiger partial charge in [0.2, 0.25) is 0 Å². The lowest BCUT2D eigenvalue weighted by Gasteiger charge is -1.93. The molecule has 0 atom stereocenters. The van der Waals surface area contributed by atoms with E-state index in [0.29, 0.717) is 6.42 Å². The highest BCUT2D eigenvalue weighted by molar-refractivity contribution is 5.89. The summed E-state index contributed by atoms with van der Waals surface area (Å²) in [7, 11) is 0. The minimum absolute atomic E-state index is 0.283. The van der Waals surface area contributed by atoms with Gasteiger partial charge in [-0.25, -0.2) is 0 Å². The highest BCUT2D eigenvalue weighted by atomic mass is 16.1. The number of ketones is 1. The lowest BCUT2D eigenvalue weighted by Crippen LogP contribution is -1.90. The topological polar surface area (TPSA) is 17.1 Å². The van der Waals surface area contributed by atoms with Crippen molar-refractivity contribution in [3.05, 3.63) is 24.3 Å². The van der Waals surface area contributed by atoms with Crippen molar-refractivity contribution in [2.24, 2.45) is 0 Å². The molecule has 1 nitrogen and oxygen atoms in total. The van der Waals surface area contributed by atoms with Crippen LogP contribution in [0.25, 0.3) is 0 Å². The molecular formula is C16H28O. The molecule has 0 bridgehead atoms. The fraction of sp³-hybridized carbons (Fsp3) is 0.688. The molecule has 98 valence electrons. The molecule has 0 N–H and O–H groups in total. The van der Waals surface area contributed by atoms with Crippen molar-refractivity contribution in [2.45, 2.75) is 71.6 Å². The smallest absolute Gasteiger partial charge is 0.155 e. The molecule has 0 aliphatic heterocycles. The molecule has 0 aliphatic carbocycles. The van der Waals surface area contributed by atoms with Gasteiger partial charge in [0.15, 0.2) is 5.78 Å². The third kappa shape index (κ3) is 13.1. The Kier molecular flexibility index (Phi) is 12.6. The third-order valence-corrected chi connectivity index (χ3v) is 2.71. The molecule has 0 saturated heterocycles. The molecule has 17 heavy (non-hydrogen) atoms. The summed E-state index contributed by atoms with van der Waals surface area (Å²) in [5, 5.41) is 0. The van der Waals surface area contributed by atoms with Gasteiger partial charge in [-0.2, -0.15) is 0 Å². The van der Waals surface area contributed by atoms with Crippen LogP contribution in [0.15, 0.2) is 24.3 Å². The molecule has 0 amide bonds. The minimum Gasteiger partial charge on any atom is -0.295 e. The van der Waals surface area contributed by atoms with Gasteiger partial charge >= 0.3 is 0 Å². The van der Waals surface area contributed by atoms with Crippen LogP contribution in [0, 0.1) is 0 Å². The second-order valence-electron chi connectivity index (χ2n) is 4.52. The predicted octanol–water partition coefficient (Wildman–Crippen LogP) is 5.22. The lowest BCUT2D eigenvalue weighted by molar-refractivity contribution is -0.114. The second kappa shape index (κ2) is 13.2. The SMILES string of the molecule is CCCCC=CCCCC=CC(=O)CCCC. The Balaban J connectivity index is 3.35. The van der Waals surface area contributed by atoms with Gasteiger partial charge in [0.05, 0.1) is 0 Å². The summed E-state index contributed by atoms with van der Waals surface area (Å²) in [5.74, 6) is 0.283. The average molecular weight is 236 g/mol. The summed E-state index contributed by atoms with van der Waals surface area (Å²) in [5.41, 5.74) is 0. The molecule has 0 rings (SSSR count). The van der Waals surface area contributed by atoms with Gasteiger partial charge in [-0.15, -0.1) is 0 Å². The van der Waals surface area contributed by atoms with E-state index in [2.05, 4.69) is 26.0 Å². The maximum atomic E-state index is 11.3. The van der Waals surface area contributed by atoms with E-state index in [-0.39, 0.29) is 5.78 Å². The van der Waals surface area contributed by atoms with Gasteiger partial charge in [0.1, 0.15) is 0 Å². The molecule has 0 aromatic rings. The molecule has 0 aromatic heterocycles. The van der Waals surface area contributed by atoms with E-state index < -0.39 is 0 Å². The van der Waals surface area contributed by atoms with Crippen LogP contribution < -0.4 is 0 Å². The van der Waals surface area contributed by atoms with Crippen molar-refractivity contribution < 1.29 is 4.79 Å². The summed E-state index contributed by atoms with van der Waals surface area (Å²) in [6, 6.07) is 0. The number of carbonyl (C=O) groups is 1. The largest absolute Gasteiger partial charge is 0.295 e. The Hall–Kier alpha value is -0.850. The quantitative estimate of drug-likeness (QED) is 0.273. The van der Waals surface area contributed by atoms with E-state index in [1.54, 1.807) is 6.08 Å². The van der Waals surface area contributed by atoms with E-state index >= 15 is 0 Å². The summed E-state index contributed by atoms with van der Waals surface area (Å²) >= 11 is 0. The first kappa shape index (κ1) is 16.1. The summed E-state index contributed by atoms with van der Waals surface area (Å²) < 4.78 is 0. The van der Waals surface area contributed by atoms with Crippen LogP contribution in [-0.4, -0.2) is 5.78 Å². The van der Waals surface area contributed by atoms with E-state index in [0.717, 1.165) is 32.1 Å². The molecule has 0 saturated carbocycles. The van der Waals surface area contributed by atoms with Gasteiger partial charge in [-0.1, -0.05) is 51.3 Å². The average Bonchev–Trinajstić information content (AvgIpc) is 2.34. The van der Waals surface area contributed by atoms with E-state index in [1.165, 1.54) is 19.3 Å². The highest BCUT2D eigenvalue weighted by Crippen LogP contribution is 2.02. The zero-order valence-electron chi connectivity index (χ0n) is 11.6. The van der Waals surface area contributed by atoms with E-state index in [1.807, 2.05) is 6.08 Å². The number of hydrogen-bond acceptors (Lipinski definition) is 1. The number of carbonyl (C=O) groups excluding carboxylic acids is 1. The molecule has 0 spiro atoms. The Morgan fingerprint density at radius 2 is 1.41 bits per heavy atom. The van der Waals surface area contributed by atoms with Gasteiger partial charge in [-0.3, -0.25) is 4.79 Å². The Bertz CT molecular complexity index is 226. The summed E-state index contributed by atoms with van der Waals surface area (Å²) in [4.78, 5) is 11.3. The van der Waals surface area contributed by atoms with Crippen molar-refractivity contribution in [3.8, 4) is 0 Å². The van der Waals surface area contributed by atoms with Gasteiger partial charge < -0.3 is 0 Å². The summed E-state index contributed by atoms with van der Waals surface area (Å²) in [6.07, 6.45) is 18.2. The van der Waals surface area contributed by atoms with Crippen LogP contribution in [0.5, 0.6) is 0 Å². The Labute approximate surface area is 107 Å². The first-order valence-corrected chi connectivity index (χ1v) is 7.15. The molecule has 1 heteroatoms. The van der Waals surface area contributed by atoms with Crippen LogP contribution in [0.2, 0.25) is 0 Å². The van der Waals surface area contributed by atoms with Crippen LogP contribution in [0.4, 0.5) is 0 Å². The maximum absolute atomic E-state index is 11.3. The van der Waals surface area contributed by atoms with Crippen molar-refractivity contribution in [1.29, 1.82) is 0 Å². The zero-order valence-corrected chi connectivity index (χ0v) is 11.6. The molecule has 0 aromatic carbocycles. The molecular weight excluding hydrogens is 208 g/mol. The van der Waals surface area contributed by atoms with Crippen LogP contribution in [0.1, 0.15) is 71.6 Å². The normalized spacial score (nSPS) is 11.6. The first-order valence-electron chi connectivity index (χ1n) is 7.15. The van der Waals surface area contributed by atoms with E-state index in [4.69, 9.17) is 0 Å². The minimum atomic E-state index is 0.283. The van der Waals surface area contributed by atoms with E-state index in [9.17, 15) is 4.79 Å². The Morgan fingerprint density at radius 1 is 0.824 bits per heavy atom. The Morgan fingerprint density at radius 3 is 2.06 bits per heavy atom. The summed E-state index contributed by atoms with van der Waals surface area (Å²) in [6.45, 7) is 4.33. The molecule has 0 heterocycles. The van der Waals surface area contributed by atoms with Crippen molar-refractivity contribution in [3.63, 3.8) is 0 Å². The van der Waals surface area contributed by atoms with Crippen LogP contribution >= 0.6 is 0 Å². The second-order valence-corrected chi connectivity index (χ2v) is 4.52. The van der Waals surface area contributed by atoms with Crippen LogP contribution in [-0.2, 0) is 4.79 Å². The zero-order chi connectivity index (χ0) is 12.8. The van der Waals surface area contributed by atoms with Crippen molar-refractivity contribution in [2.75, 3.05) is 0 Å². The predicted molar refractivity (Wildman–Crippen MR) is 76.2 cm³/mol. The number of allylic oxidation sites excluding steroid dienone is 4. The first-order chi connectivity index (χ1) is 8.31. The number of hydrogen-bond donors (Lipinski definition) is 0. The lowest BCUT2D eigenvalue weighted by atomic mass is 10.1. The van der Waals surface area contributed by atoms with Crippen molar-refractivity contribution in [1.82, 2.24) is 0 Å². The molecule has 0 fully saturated rings. The fourth-order valence-corrected chi connectivity index (χ4v) is 1.56. The van der Waals surface area contributed by atoms with Crippen molar-refractivity contribution >= 4 is 5.78 Å². The molecule has 0 aliphatic rings. The van der Waals surface area contributed by atoms with Gasteiger partial charge in [-0.05, 0) is 38.2 Å². The third-order valence-electron chi connectivity index (χ3n) is 2.71. The molecule has 0 unspecified atom stereocenters. The number of rotatable bonds is 11. The number of unbranched alkanes of at least 4 members (excludes halogenated alkanes) is 5. The molecule has 0 radical (unpaired) electrons. The van der Waals surface area contributed by atoms with Gasteiger partial charge in [0.25, 0.3) is 0 Å². The van der Waals surface area contributed by atoms with Crippen LogP contribution in [0.3, 0.4) is 0 Å². The van der Waals surface area contributed by atoms with Gasteiger partial charge in [0, 0.05) is 6.42 Å². The monoisotopic (exact) mass is 236 g/mol. The maximum Gasteiger partial charge on any atom is 0.155 e. The standard InChI is InChI=1S/C16H28O/c1-3-5-7-8-9-10-11-12-13-15-16(17)14-6-4-2/h8-9,13,15H,3-7,10-12,14H2,1-2H3. The fourth-order valence-electron chi connectivity index (χ4n) is 1.56.